The van der Waals surface area contributed by atoms with Crippen LogP contribution in [0.5, 0.6) is 0 Å². The molecule has 1 aliphatic carbocycles. The van der Waals surface area contributed by atoms with Gasteiger partial charge in [0.15, 0.2) is 0 Å². The summed E-state index contributed by atoms with van der Waals surface area (Å²) in [4.78, 5) is 12.3. The van der Waals surface area contributed by atoms with Crippen LogP contribution < -0.4 is 5.32 Å². The molecule has 1 aromatic rings. The van der Waals surface area contributed by atoms with Crippen LogP contribution in [0.4, 0.5) is 5.69 Å². The fourth-order valence-corrected chi connectivity index (χ4v) is 5.00. The monoisotopic (exact) mass is 511 g/mol. The van der Waals surface area contributed by atoms with Gasteiger partial charge in [-0.25, -0.2) is 0 Å². The van der Waals surface area contributed by atoms with Gasteiger partial charge in [0.1, 0.15) is 0 Å². The zero-order valence-corrected chi connectivity index (χ0v) is 23.1. The molecule has 5 nitrogen and oxygen atoms in total. The van der Waals surface area contributed by atoms with Crippen molar-refractivity contribution in [1.29, 1.82) is 0 Å². The summed E-state index contributed by atoms with van der Waals surface area (Å²) in [5.41, 5.74) is 6.92. The van der Waals surface area contributed by atoms with E-state index in [0.29, 0.717) is 24.9 Å². The van der Waals surface area contributed by atoms with E-state index in [0.717, 1.165) is 16.7 Å². The first-order valence-electron chi connectivity index (χ1n) is 12.6. The minimum Gasteiger partial charge on any atom is -0.323 e. The molecule has 1 amide bonds. The Morgan fingerprint density at radius 3 is 2.42 bits per heavy atom. The van der Waals surface area contributed by atoms with Crippen LogP contribution >= 0.6 is 0 Å². The molecular weight excluding hydrogens is 470 g/mol. The van der Waals surface area contributed by atoms with E-state index in [1.807, 2.05) is 49.4 Å². The maximum atomic E-state index is 12.3. The summed E-state index contributed by atoms with van der Waals surface area (Å²) in [6.07, 6.45) is 17.4. The normalized spacial score (nSPS) is 17.3. The molecule has 36 heavy (non-hydrogen) atoms. The second-order valence-electron chi connectivity index (χ2n) is 10.4. The number of hydrogen-bond donors (Lipinski definition) is 2. The van der Waals surface area contributed by atoms with Crippen molar-refractivity contribution in [2.45, 2.75) is 73.1 Å². The average molecular weight is 512 g/mol. The molecule has 0 saturated carbocycles. The Hall–Kier alpha value is -2.70. The lowest BCUT2D eigenvalue weighted by atomic mass is 9.72. The minimum atomic E-state index is -3.90. The highest BCUT2D eigenvalue weighted by atomic mass is 32.2. The number of carbonyl (C=O) groups is 1. The van der Waals surface area contributed by atoms with Gasteiger partial charge in [0.25, 0.3) is 10.1 Å². The van der Waals surface area contributed by atoms with Gasteiger partial charge in [-0.15, -0.1) is 0 Å². The van der Waals surface area contributed by atoms with Crippen molar-refractivity contribution in [3.8, 4) is 0 Å². The number of nitrogens with one attached hydrogen (secondary N) is 1. The number of aryl methyl sites for hydroxylation is 1. The molecule has 6 heteroatoms. The fourth-order valence-electron chi connectivity index (χ4n) is 4.43. The lowest BCUT2D eigenvalue weighted by molar-refractivity contribution is -0.111. The Balaban J connectivity index is 1.86. The number of unbranched alkanes of at least 4 members (excludes halogenated alkanes) is 1. The number of anilines is 1. The van der Waals surface area contributed by atoms with E-state index in [1.54, 1.807) is 6.08 Å². The average Bonchev–Trinajstić information content (AvgIpc) is 2.76. The number of amides is 1. The van der Waals surface area contributed by atoms with E-state index >= 15 is 0 Å². The summed E-state index contributed by atoms with van der Waals surface area (Å²) in [6, 6.07) is 7.48. The summed E-state index contributed by atoms with van der Waals surface area (Å²) in [7, 11) is -3.90. The van der Waals surface area contributed by atoms with Crippen LogP contribution in [0.1, 0.15) is 72.3 Å². The first-order chi connectivity index (χ1) is 16.9. The molecule has 0 aromatic heterocycles. The van der Waals surface area contributed by atoms with Crippen LogP contribution in [-0.2, 0) is 21.3 Å². The van der Waals surface area contributed by atoms with Crippen molar-refractivity contribution < 1.29 is 17.8 Å². The summed E-state index contributed by atoms with van der Waals surface area (Å²) < 4.78 is 30.3. The van der Waals surface area contributed by atoms with Crippen molar-refractivity contribution in [3.63, 3.8) is 0 Å². The highest BCUT2D eigenvalue weighted by Crippen LogP contribution is 2.40. The van der Waals surface area contributed by atoms with Gasteiger partial charge in [-0.05, 0) is 93.6 Å². The van der Waals surface area contributed by atoms with E-state index in [1.165, 1.54) is 30.4 Å². The number of benzene rings is 1. The quantitative estimate of drug-likeness (QED) is 0.141. The van der Waals surface area contributed by atoms with E-state index in [-0.39, 0.29) is 17.1 Å². The Labute approximate surface area is 217 Å². The Morgan fingerprint density at radius 2 is 1.78 bits per heavy atom. The number of allylic oxidation sites excluding steroid dienone is 9. The molecule has 1 aliphatic rings. The van der Waals surface area contributed by atoms with Gasteiger partial charge in [0.2, 0.25) is 5.91 Å². The number of rotatable bonds is 11. The van der Waals surface area contributed by atoms with Gasteiger partial charge in [-0.3, -0.25) is 9.35 Å². The molecule has 2 rings (SSSR count). The molecule has 2 N–H and O–H groups in total. The smallest absolute Gasteiger partial charge is 0.264 e. The van der Waals surface area contributed by atoms with Gasteiger partial charge in [-0.1, -0.05) is 67.5 Å². The van der Waals surface area contributed by atoms with E-state index in [4.69, 9.17) is 4.55 Å². The van der Waals surface area contributed by atoms with Crippen LogP contribution in [0.3, 0.4) is 0 Å². The molecule has 0 radical (unpaired) electrons. The SMILES string of the molecule is CC1=C(/C=C/C(C)=C/C=C/C(C)=C/C(=O)Nc2ccc(CCCCS(=O)(=O)O)cc2)C(C)(C)CCC1. The summed E-state index contributed by atoms with van der Waals surface area (Å²) in [5.74, 6) is -0.412. The van der Waals surface area contributed by atoms with E-state index in [2.05, 4.69) is 45.2 Å². The molecule has 0 saturated heterocycles. The van der Waals surface area contributed by atoms with Gasteiger partial charge in [-0.2, -0.15) is 8.42 Å². The van der Waals surface area contributed by atoms with Crippen molar-refractivity contribution in [2.75, 3.05) is 11.1 Å². The first-order valence-corrected chi connectivity index (χ1v) is 14.2. The second-order valence-corrected chi connectivity index (χ2v) is 11.9. The molecule has 0 unspecified atom stereocenters. The summed E-state index contributed by atoms with van der Waals surface area (Å²) >= 11 is 0. The molecule has 0 heterocycles. The Kier molecular flexibility index (Phi) is 11.1. The van der Waals surface area contributed by atoms with Crippen LogP contribution in [0, 0.1) is 5.41 Å². The van der Waals surface area contributed by atoms with Crippen LogP contribution in [-0.4, -0.2) is 24.6 Å². The van der Waals surface area contributed by atoms with Crippen molar-refractivity contribution in [3.05, 3.63) is 88.6 Å². The zero-order chi connectivity index (χ0) is 26.8. The summed E-state index contributed by atoms with van der Waals surface area (Å²) in [5, 5.41) is 2.86. The maximum absolute atomic E-state index is 12.3. The van der Waals surface area contributed by atoms with Crippen molar-refractivity contribution >= 4 is 21.7 Å². The number of carbonyl (C=O) groups excluding carboxylic acids is 1. The van der Waals surface area contributed by atoms with Crippen molar-refractivity contribution in [2.24, 2.45) is 5.41 Å². The maximum Gasteiger partial charge on any atom is 0.264 e. The fraction of sp³-hybridized carbons (Fsp3) is 0.433. The van der Waals surface area contributed by atoms with E-state index < -0.39 is 10.1 Å². The van der Waals surface area contributed by atoms with Crippen LogP contribution in [0.15, 0.2) is 83.0 Å². The summed E-state index contributed by atoms with van der Waals surface area (Å²) in [6.45, 7) is 10.8. The molecule has 1 aromatic carbocycles. The molecule has 0 bridgehead atoms. The lowest BCUT2D eigenvalue weighted by Crippen LogP contribution is -2.19. The zero-order valence-electron chi connectivity index (χ0n) is 22.3. The highest BCUT2D eigenvalue weighted by molar-refractivity contribution is 7.85. The molecule has 0 atom stereocenters. The topological polar surface area (TPSA) is 83.5 Å². The predicted octanol–water partition coefficient (Wildman–Crippen LogP) is 7.37. The Morgan fingerprint density at radius 1 is 1.08 bits per heavy atom. The largest absolute Gasteiger partial charge is 0.323 e. The van der Waals surface area contributed by atoms with Gasteiger partial charge >= 0.3 is 0 Å². The minimum absolute atomic E-state index is 0.194. The van der Waals surface area contributed by atoms with Crippen LogP contribution in [0.2, 0.25) is 0 Å². The van der Waals surface area contributed by atoms with Gasteiger partial charge < -0.3 is 5.32 Å². The molecular formula is C30H41NO4S. The van der Waals surface area contributed by atoms with Crippen LogP contribution in [0.25, 0.3) is 0 Å². The molecule has 0 fully saturated rings. The third kappa shape index (κ3) is 10.9. The van der Waals surface area contributed by atoms with Crippen molar-refractivity contribution in [1.82, 2.24) is 0 Å². The first kappa shape index (κ1) is 29.5. The third-order valence-electron chi connectivity index (χ3n) is 6.47. The number of hydrogen-bond acceptors (Lipinski definition) is 3. The standard InChI is InChI=1S/C30H41NO4S/c1-23(14-19-28-25(3)12-9-20-30(28,4)5)10-8-11-24(2)22-29(32)31-27-17-15-26(16-18-27)13-6-7-21-36(33,34)35/h8,10-11,14-19,22H,6-7,9,12-13,20-21H2,1-5H3,(H,31,32)(H,33,34,35)/b11-8+,19-14+,23-10+,24-22+. The molecule has 0 aliphatic heterocycles. The molecule has 196 valence electrons. The molecule has 0 spiro atoms. The lowest BCUT2D eigenvalue weighted by Gasteiger charge is -2.32. The predicted molar refractivity (Wildman–Crippen MR) is 151 cm³/mol. The van der Waals surface area contributed by atoms with Gasteiger partial charge in [0.05, 0.1) is 5.75 Å². The third-order valence-corrected chi connectivity index (χ3v) is 7.28. The van der Waals surface area contributed by atoms with Gasteiger partial charge in [0, 0.05) is 11.8 Å². The highest BCUT2D eigenvalue weighted by Gasteiger charge is 2.26. The van der Waals surface area contributed by atoms with E-state index in [9.17, 15) is 13.2 Å². The Bertz CT molecular complexity index is 1160. The second kappa shape index (κ2) is 13.6.